The van der Waals surface area contributed by atoms with Gasteiger partial charge in [0.05, 0.1) is 12.2 Å². The fourth-order valence-corrected chi connectivity index (χ4v) is 2.96. The van der Waals surface area contributed by atoms with E-state index in [0.717, 1.165) is 48.7 Å². The van der Waals surface area contributed by atoms with Gasteiger partial charge in [0.2, 0.25) is 0 Å². The van der Waals surface area contributed by atoms with Crippen LogP contribution in [0.2, 0.25) is 0 Å². The van der Waals surface area contributed by atoms with Gasteiger partial charge >= 0.3 is 5.97 Å². The van der Waals surface area contributed by atoms with Crippen LogP contribution in [-0.4, -0.2) is 49.8 Å². The van der Waals surface area contributed by atoms with Crippen LogP contribution in [-0.2, 0) is 6.42 Å². The molecule has 0 aromatic heterocycles. The summed E-state index contributed by atoms with van der Waals surface area (Å²) in [5.41, 5.74) is 1.43. The van der Waals surface area contributed by atoms with E-state index in [1.165, 1.54) is 0 Å². The molecule has 0 aliphatic heterocycles. The molecule has 2 N–H and O–H groups in total. The van der Waals surface area contributed by atoms with E-state index in [9.17, 15) is 4.79 Å². The molecule has 0 fully saturated rings. The first kappa shape index (κ1) is 20.3. The topological polar surface area (TPSA) is 61.8 Å². The molecule has 0 amide bonds. The zero-order valence-electron chi connectivity index (χ0n) is 15.3. The summed E-state index contributed by atoms with van der Waals surface area (Å²) in [4.78, 5) is 14.1. The first-order chi connectivity index (χ1) is 12.5. The summed E-state index contributed by atoms with van der Waals surface area (Å²) in [5.74, 6) is 0.00184. The number of hydrogen-bond donors (Lipinski definition) is 2. The molecule has 0 atom stereocenters. The first-order valence-electron chi connectivity index (χ1n) is 8.64. The molecule has 0 saturated heterocycles. The predicted octanol–water partition coefficient (Wildman–Crippen LogP) is 3.55. The number of hydrogen-bond acceptors (Lipinski definition) is 5. The van der Waals surface area contributed by atoms with Gasteiger partial charge in [0.15, 0.2) is 0 Å². The lowest BCUT2D eigenvalue weighted by Gasteiger charge is -2.10. The van der Waals surface area contributed by atoms with Crippen molar-refractivity contribution in [3.05, 3.63) is 59.7 Å². The van der Waals surface area contributed by atoms with E-state index < -0.39 is 5.97 Å². The van der Waals surface area contributed by atoms with Gasteiger partial charge in [0.25, 0.3) is 0 Å². The van der Waals surface area contributed by atoms with Gasteiger partial charge in [-0.3, -0.25) is 4.72 Å². The first-order valence-corrected chi connectivity index (χ1v) is 9.46. The molecule has 0 aliphatic rings. The van der Waals surface area contributed by atoms with Crippen molar-refractivity contribution in [1.82, 2.24) is 9.62 Å². The van der Waals surface area contributed by atoms with Gasteiger partial charge in [-0.05, 0) is 80.8 Å². The van der Waals surface area contributed by atoms with Gasteiger partial charge < -0.3 is 14.7 Å². The fraction of sp³-hybridized carbons (Fsp3) is 0.350. The lowest BCUT2D eigenvalue weighted by atomic mass is 10.1. The second kappa shape index (κ2) is 10.9. The largest absolute Gasteiger partial charge is 0.494 e. The normalized spacial score (nSPS) is 10.9. The highest BCUT2D eigenvalue weighted by atomic mass is 32.2. The van der Waals surface area contributed by atoms with Crippen LogP contribution in [0.15, 0.2) is 53.4 Å². The third-order valence-electron chi connectivity index (χ3n) is 3.75. The van der Waals surface area contributed by atoms with Crippen molar-refractivity contribution in [2.24, 2.45) is 0 Å². The van der Waals surface area contributed by atoms with Crippen LogP contribution >= 0.6 is 11.9 Å². The number of rotatable bonds is 11. The number of nitrogens with zero attached hydrogens (tertiary/aromatic N) is 1. The number of nitrogens with one attached hydrogen (secondary N) is 1. The van der Waals surface area contributed by atoms with Gasteiger partial charge in [-0.25, -0.2) is 4.79 Å². The summed E-state index contributed by atoms with van der Waals surface area (Å²) in [6.45, 7) is 2.56. The van der Waals surface area contributed by atoms with E-state index >= 15 is 0 Å². The molecule has 0 aliphatic carbocycles. The maximum absolute atomic E-state index is 10.8. The van der Waals surface area contributed by atoms with Gasteiger partial charge in [0.1, 0.15) is 5.75 Å². The Bertz CT molecular complexity index is 672. The Labute approximate surface area is 159 Å². The van der Waals surface area contributed by atoms with Crippen LogP contribution in [0, 0.1) is 0 Å². The molecule has 0 bridgehead atoms. The zero-order chi connectivity index (χ0) is 18.8. The molecule has 0 heterocycles. The van der Waals surface area contributed by atoms with Crippen molar-refractivity contribution < 1.29 is 14.6 Å². The molecule has 2 aromatic rings. The SMILES string of the molecule is CN(C)CCCOc1ccc(SNCCc2ccc(C(=O)O)cc2)cc1. The second-order valence-electron chi connectivity index (χ2n) is 6.23. The van der Waals surface area contributed by atoms with E-state index in [4.69, 9.17) is 9.84 Å². The van der Waals surface area contributed by atoms with E-state index in [-0.39, 0.29) is 0 Å². The highest BCUT2D eigenvalue weighted by Crippen LogP contribution is 2.19. The number of carboxylic acids is 1. The van der Waals surface area contributed by atoms with Crippen molar-refractivity contribution in [3.63, 3.8) is 0 Å². The van der Waals surface area contributed by atoms with Crippen molar-refractivity contribution in [3.8, 4) is 5.75 Å². The summed E-state index contributed by atoms with van der Waals surface area (Å²) in [7, 11) is 4.12. The molecule has 6 heteroatoms. The molecule has 0 radical (unpaired) electrons. The Morgan fingerprint density at radius 1 is 1.12 bits per heavy atom. The van der Waals surface area contributed by atoms with Crippen LogP contribution in [0.5, 0.6) is 5.75 Å². The molecule has 0 saturated carbocycles. The highest BCUT2D eigenvalue weighted by molar-refractivity contribution is 7.97. The van der Waals surface area contributed by atoms with Crippen LogP contribution < -0.4 is 9.46 Å². The zero-order valence-corrected chi connectivity index (χ0v) is 16.1. The van der Waals surface area contributed by atoms with Crippen LogP contribution in [0.25, 0.3) is 0 Å². The Morgan fingerprint density at radius 2 is 1.81 bits per heavy atom. The van der Waals surface area contributed by atoms with Crippen LogP contribution in [0.1, 0.15) is 22.3 Å². The molecular formula is C20H26N2O3S. The van der Waals surface area contributed by atoms with Gasteiger partial charge in [-0.15, -0.1) is 0 Å². The maximum atomic E-state index is 10.8. The number of ether oxygens (including phenoxy) is 1. The highest BCUT2D eigenvalue weighted by Gasteiger charge is 2.02. The van der Waals surface area contributed by atoms with Gasteiger partial charge in [0, 0.05) is 18.0 Å². The lowest BCUT2D eigenvalue weighted by molar-refractivity contribution is 0.0697. The fourth-order valence-electron chi connectivity index (χ4n) is 2.32. The molecule has 2 rings (SSSR count). The average Bonchev–Trinajstić information content (AvgIpc) is 2.63. The molecule has 0 spiro atoms. The minimum Gasteiger partial charge on any atom is -0.494 e. The number of aromatic carboxylic acids is 1. The summed E-state index contributed by atoms with van der Waals surface area (Å²) in [6.07, 6.45) is 1.86. The predicted molar refractivity (Wildman–Crippen MR) is 106 cm³/mol. The lowest BCUT2D eigenvalue weighted by Crippen LogP contribution is -2.15. The van der Waals surface area contributed by atoms with Crippen molar-refractivity contribution in [2.75, 3.05) is 33.8 Å². The third kappa shape index (κ3) is 7.47. The van der Waals surface area contributed by atoms with E-state index in [1.807, 2.05) is 36.4 Å². The molecule has 140 valence electrons. The standard InChI is InChI=1S/C20H26N2O3S/c1-22(2)14-3-15-25-18-8-10-19(11-9-18)26-21-13-12-16-4-6-17(7-5-16)20(23)24/h4-11,21H,3,12-15H2,1-2H3,(H,23,24). The summed E-state index contributed by atoms with van der Waals surface area (Å²) in [5, 5.41) is 8.89. The van der Waals surface area contributed by atoms with Gasteiger partial charge in [-0.1, -0.05) is 12.1 Å². The molecular weight excluding hydrogens is 348 g/mol. The quantitative estimate of drug-likeness (QED) is 0.463. The van der Waals surface area contributed by atoms with E-state index in [2.05, 4.69) is 23.7 Å². The third-order valence-corrected chi connectivity index (χ3v) is 4.61. The Balaban J connectivity index is 1.65. The second-order valence-corrected chi connectivity index (χ2v) is 7.19. The van der Waals surface area contributed by atoms with Crippen LogP contribution in [0.4, 0.5) is 0 Å². The van der Waals surface area contributed by atoms with Gasteiger partial charge in [-0.2, -0.15) is 0 Å². The smallest absolute Gasteiger partial charge is 0.335 e. The van der Waals surface area contributed by atoms with Crippen LogP contribution in [0.3, 0.4) is 0 Å². The Kier molecular flexibility index (Phi) is 8.47. The monoisotopic (exact) mass is 374 g/mol. The summed E-state index contributed by atoms with van der Waals surface area (Å²) < 4.78 is 9.05. The van der Waals surface area contributed by atoms with E-state index in [0.29, 0.717) is 5.56 Å². The molecule has 26 heavy (non-hydrogen) atoms. The Hall–Kier alpha value is -2.02. The molecule has 0 unspecified atom stereocenters. The number of benzene rings is 2. The summed E-state index contributed by atoms with van der Waals surface area (Å²) >= 11 is 1.58. The molecule has 5 nitrogen and oxygen atoms in total. The van der Waals surface area contributed by atoms with E-state index in [1.54, 1.807) is 24.1 Å². The minimum absolute atomic E-state index is 0.320. The summed E-state index contributed by atoms with van der Waals surface area (Å²) in [6, 6.07) is 15.1. The van der Waals surface area contributed by atoms with Crippen molar-refractivity contribution in [1.29, 1.82) is 0 Å². The Morgan fingerprint density at radius 3 is 2.42 bits per heavy atom. The average molecular weight is 375 g/mol. The number of carboxylic acid groups (broad SMARTS) is 1. The minimum atomic E-state index is -0.893. The van der Waals surface area contributed by atoms with Crippen molar-refractivity contribution >= 4 is 17.9 Å². The number of carbonyl (C=O) groups is 1. The maximum Gasteiger partial charge on any atom is 0.335 e. The molecule has 2 aromatic carbocycles. The van der Waals surface area contributed by atoms with Crippen molar-refractivity contribution in [2.45, 2.75) is 17.7 Å².